The van der Waals surface area contributed by atoms with Crippen LogP contribution in [0.1, 0.15) is 37.4 Å². The number of hydrogen-bond donors (Lipinski definition) is 3. The van der Waals surface area contributed by atoms with Gasteiger partial charge in [0.15, 0.2) is 5.96 Å². The Hall–Kier alpha value is -2.18. The maximum absolute atomic E-state index is 13.6. The van der Waals surface area contributed by atoms with Gasteiger partial charge in [-0.1, -0.05) is 72.2 Å². The second-order valence-electron chi connectivity index (χ2n) is 7.27. The van der Waals surface area contributed by atoms with E-state index < -0.39 is 11.6 Å². The van der Waals surface area contributed by atoms with Crippen LogP contribution < -0.4 is 5.32 Å². The number of aliphatic hydroxyl groups excluding tert-OH is 1. The number of carbonyl (C=O) groups is 1. The van der Waals surface area contributed by atoms with Gasteiger partial charge in [-0.15, -0.1) is 0 Å². The summed E-state index contributed by atoms with van der Waals surface area (Å²) in [5.41, 5.74) is 0.619. The predicted octanol–water partition coefficient (Wildman–Crippen LogP) is 3.79. The first-order chi connectivity index (χ1) is 12.9. The number of carbonyl (C=O) groups excluding carboxylic acids is 1. The van der Waals surface area contributed by atoms with Gasteiger partial charge < -0.3 is 10.4 Å². The number of nitrogens with zero attached hydrogens (tertiary/aromatic N) is 1. The van der Waals surface area contributed by atoms with E-state index in [1.54, 1.807) is 0 Å². The quantitative estimate of drug-likeness (QED) is 0.653. The first kappa shape index (κ1) is 19.6. The molecule has 0 spiro atoms. The van der Waals surface area contributed by atoms with Crippen LogP contribution in [0.5, 0.6) is 0 Å². The fraction of sp³-hybridized carbons (Fsp3) is 0.333. The molecular formula is C21H24BrN3O2. The van der Waals surface area contributed by atoms with Crippen molar-refractivity contribution in [1.82, 2.24) is 10.2 Å². The summed E-state index contributed by atoms with van der Waals surface area (Å²) < 4.78 is 0.862. The largest absolute Gasteiger partial charge is 0.394 e. The lowest BCUT2D eigenvalue weighted by Crippen LogP contribution is -2.45. The van der Waals surface area contributed by atoms with Gasteiger partial charge in [0.1, 0.15) is 5.54 Å². The van der Waals surface area contributed by atoms with E-state index in [1.807, 2.05) is 54.6 Å². The number of nitrogens with one attached hydrogen (secondary N) is 2. The minimum absolute atomic E-state index is 0.0172. The van der Waals surface area contributed by atoms with Gasteiger partial charge in [-0.25, -0.2) is 0 Å². The van der Waals surface area contributed by atoms with E-state index in [1.165, 1.54) is 4.90 Å². The molecule has 142 valence electrons. The Morgan fingerprint density at radius 2 is 1.89 bits per heavy atom. The Bertz CT molecular complexity index is 840. The van der Waals surface area contributed by atoms with Crippen LogP contribution in [0.3, 0.4) is 0 Å². The average Bonchev–Trinajstić information content (AvgIpc) is 2.88. The topological polar surface area (TPSA) is 76.4 Å². The number of amides is 1. The number of guanidine groups is 1. The molecule has 2 atom stereocenters. The zero-order chi connectivity index (χ0) is 19.6. The molecular weight excluding hydrogens is 406 g/mol. The number of benzene rings is 2. The highest BCUT2D eigenvalue weighted by Crippen LogP contribution is 2.38. The van der Waals surface area contributed by atoms with E-state index in [0.29, 0.717) is 6.42 Å². The highest BCUT2D eigenvalue weighted by atomic mass is 79.9. The smallest absolute Gasteiger partial charge is 0.260 e. The molecule has 1 heterocycles. The van der Waals surface area contributed by atoms with Crippen LogP contribution in [0.4, 0.5) is 0 Å². The third-order valence-electron chi connectivity index (χ3n) is 4.86. The Balaban J connectivity index is 2.06. The van der Waals surface area contributed by atoms with Crippen LogP contribution in [0.25, 0.3) is 0 Å². The standard InChI is InChI=1S/C21H24BrN3O2/c1-14(2)12-21(16-8-4-3-5-9-16)19(27)25(20(23)24-21)18(13-26)15-7-6-10-17(22)11-15/h3-11,14,18,26H,12-13H2,1-2H3,(H2,23,24)/t18?,21-/m1/s1. The fourth-order valence-electron chi connectivity index (χ4n) is 3.76. The Kier molecular flexibility index (Phi) is 5.67. The summed E-state index contributed by atoms with van der Waals surface area (Å²) in [6, 6.07) is 16.4. The maximum Gasteiger partial charge on any atom is 0.260 e. The highest BCUT2D eigenvalue weighted by molar-refractivity contribution is 9.10. The lowest BCUT2D eigenvalue weighted by atomic mass is 9.82. The van der Waals surface area contributed by atoms with Crippen LogP contribution in [0, 0.1) is 11.3 Å². The Labute approximate surface area is 168 Å². The first-order valence-corrected chi connectivity index (χ1v) is 9.80. The van der Waals surface area contributed by atoms with Crippen molar-refractivity contribution in [3.8, 4) is 0 Å². The molecule has 0 aromatic heterocycles. The molecule has 0 aliphatic carbocycles. The van der Waals surface area contributed by atoms with Crippen molar-refractivity contribution < 1.29 is 9.90 Å². The number of aliphatic hydroxyl groups is 1. The van der Waals surface area contributed by atoms with E-state index in [2.05, 4.69) is 35.1 Å². The normalized spacial score (nSPS) is 20.9. The Morgan fingerprint density at radius 3 is 2.48 bits per heavy atom. The van der Waals surface area contributed by atoms with E-state index in [4.69, 9.17) is 5.41 Å². The number of hydrogen-bond acceptors (Lipinski definition) is 3. The van der Waals surface area contributed by atoms with Crippen molar-refractivity contribution >= 4 is 27.8 Å². The van der Waals surface area contributed by atoms with Gasteiger partial charge in [-0.2, -0.15) is 0 Å². The van der Waals surface area contributed by atoms with Gasteiger partial charge in [0.25, 0.3) is 5.91 Å². The molecule has 1 amide bonds. The monoisotopic (exact) mass is 429 g/mol. The third-order valence-corrected chi connectivity index (χ3v) is 5.35. The van der Waals surface area contributed by atoms with Crippen molar-refractivity contribution in [2.24, 2.45) is 5.92 Å². The molecule has 6 heteroatoms. The molecule has 1 unspecified atom stereocenters. The fourth-order valence-corrected chi connectivity index (χ4v) is 4.17. The summed E-state index contributed by atoms with van der Waals surface area (Å²) >= 11 is 3.44. The van der Waals surface area contributed by atoms with Crippen molar-refractivity contribution in [2.45, 2.75) is 31.8 Å². The van der Waals surface area contributed by atoms with Gasteiger partial charge in [0.2, 0.25) is 0 Å². The molecule has 0 saturated carbocycles. The van der Waals surface area contributed by atoms with E-state index >= 15 is 0 Å². The highest BCUT2D eigenvalue weighted by Gasteiger charge is 2.52. The van der Waals surface area contributed by atoms with Gasteiger partial charge in [0.05, 0.1) is 12.6 Å². The lowest BCUT2D eigenvalue weighted by Gasteiger charge is -2.31. The van der Waals surface area contributed by atoms with Gasteiger partial charge in [-0.3, -0.25) is 15.1 Å². The molecule has 27 heavy (non-hydrogen) atoms. The third kappa shape index (κ3) is 3.64. The van der Waals surface area contributed by atoms with Crippen LogP contribution in [-0.4, -0.2) is 28.5 Å². The van der Waals surface area contributed by atoms with E-state index in [9.17, 15) is 9.90 Å². The van der Waals surface area contributed by atoms with Gasteiger partial charge >= 0.3 is 0 Å². The zero-order valence-electron chi connectivity index (χ0n) is 15.4. The average molecular weight is 430 g/mol. The van der Waals surface area contributed by atoms with Crippen LogP contribution >= 0.6 is 15.9 Å². The minimum atomic E-state index is -0.994. The first-order valence-electron chi connectivity index (χ1n) is 9.01. The van der Waals surface area contributed by atoms with E-state index in [-0.39, 0.29) is 24.4 Å². The molecule has 0 bridgehead atoms. The summed E-state index contributed by atoms with van der Waals surface area (Å²) in [5, 5.41) is 21.7. The molecule has 0 radical (unpaired) electrons. The molecule has 1 aliphatic rings. The van der Waals surface area contributed by atoms with E-state index in [0.717, 1.165) is 15.6 Å². The molecule has 1 fully saturated rings. The van der Waals surface area contributed by atoms with Gasteiger partial charge in [0, 0.05) is 4.47 Å². The summed E-state index contributed by atoms with van der Waals surface area (Å²) in [4.78, 5) is 15.0. The second-order valence-corrected chi connectivity index (χ2v) is 8.19. The summed E-state index contributed by atoms with van der Waals surface area (Å²) in [5.74, 6) is 0.0582. The van der Waals surface area contributed by atoms with Crippen LogP contribution in [0.2, 0.25) is 0 Å². The van der Waals surface area contributed by atoms with Crippen LogP contribution in [-0.2, 0) is 10.3 Å². The molecule has 1 aliphatic heterocycles. The van der Waals surface area contributed by atoms with Crippen molar-refractivity contribution in [1.29, 1.82) is 5.41 Å². The molecule has 3 rings (SSSR count). The van der Waals surface area contributed by atoms with Crippen LogP contribution in [0.15, 0.2) is 59.1 Å². The van der Waals surface area contributed by atoms with Crippen molar-refractivity contribution in [3.05, 3.63) is 70.2 Å². The SMILES string of the molecule is CC(C)C[C@]1(c2ccccc2)NC(=N)N(C(CO)c2cccc(Br)c2)C1=O. The summed E-state index contributed by atoms with van der Waals surface area (Å²) in [7, 11) is 0. The molecule has 1 saturated heterocycles. The van der Waals surface area contributed by atoms with Crippen molar-refractivity contribution in [2.75, 3.05) is 6.61 Å². The molecule has 3 N–H and O–H groups in total. The molecule has 2 aromatic carbocycles. The number of halogens is 1. The summed E-state index contributed by atoms with van der Waals surface area (Å²) in [6.45, 7) is 3.85. The lowest BCUT2D eigenvalue weighted by molar-refractivity contribution is -0.134. The molecule has 2 aromatic rings. The predicted molar refractivity (Wildman–Crippen MR) is 109 cm³/mol. The summed E-state index contributed by atoms with van der Waals surface area (Å²) in [6.07, 6.45) is 0.561. The van der Waals surface area contributed by atoms with Gasteiger partial charge in [-0.05, 0) is 35.6 Å². The number of rotatable bonds is 6. The second kappa shape index (κ2) is 7.82. The molecule has 5 nitrogen and oxygen atoms in total. The Morgan fingerprint density at radius 1 is 1.19 bits per heavy atom. The minimum Gasteiger partial charge on any atom is -0.394 e. The maximum atomic E-state index is 13.6. The van der Waals surface area contributed by atoms with Crippen molar-refractivity contribution in [3.63, 3.8) is 0 Å². The zero-order valence-corrected chi connectivity index (χ0v) is 17.0.